The van der Waals surface area contributed by atoms with E-state index >= 15 is 0 Å². The number of hydrogen-bond acceptors (Lipinski definition) is 5. The van der Waals surface area contributed by atoms with Gasteiger partial charge >= 0.3 is 12.2 Å². The predicted octanol–water partition coefficient (Wildman–Crippen LogP) is 5.69. The third kappa shape index (κ3) is 6.20. The normalized spacial score (nSPS) is 15.5. The molecule has 1 aromatic heterocycles. The molecule has 0 fully saturated rings. The number of fused-ring (bicyclic) bond motifs is 1. The summed E-state index contributed by atoms with van der Waals surface area (Å²) in [5.74, 6) is -3.28. The number of aliphatic hydroxyl groups excluding tert-OH is 1. The number of pyridine rings is 1. The van der Waals surface area contributed by atoms with Gasteiger partial charge in [0.2, 0.25) is 0 Å². The van der Waals surface area contributed by atoms with Crippen LogP contribution in [0.25, 0.3) is 11.3 Å². The van der Waals surface area contributed by atoms with Crippen LogP contribution < -0.4 is 15.0 Å². The molecular weight excluding hydrogens is 513 g/mol. The molecule has 2 aromatic carbocycles. The minimum Gasteiger partial charge on any atom is -0.491 e. The number of hydrogen-bond donors (Lipinski definition) is 2. The van der Waals surface area contributed by atoms with Crippen LogP contribution in [0, 0.1) is 0 Å². The molecule has 0 saturated carbocycles. The van der Waals surface area contributed by atoms with Crippen molar-refractivity contribution in [3.05, 3.63) is 71.8 Å². The van der Waals surface area contributed by atoms with Crippen LogP contribution in [0.1, 0.15) is 17.5 Å². The van der Waals surface area contributed by atoms with Crippen molar-refractivity contribution in [1.82, 2.24) is 4.98 Å². The van der Waals surface area contributed by atoms with Crippen molar-refractivity contribution in [2.24, 2.45) is 0 Å². The van der Waals surface area contributed by atoms with Crippen molar-refractivity contribution in [2.75, 3.05) is 37.1 Å². The Morgan fingerprint density at radius 2 is 1.89 bits per heavy atom. The van der Waals surface area contributed by atoms with Crippen molar-refractivity contribution >= 4 is 17.5 Å². The predicted molar refractivity (Wildman–Crippen MR) is 129 cm³/mol. The van der Waals surface area contributed by atoms with E-state index < -0.39 is 41.8 Å². The second-order valence-electron chi connectivity index (χ2n) is 8.63. The zero-order valence-electron chi connectivity index (χ0n) is 20.1. The van der Waals surface area contributed by atoms with E-state index in [2.05, 4.69) is 10.3 Å². The summed E-state index contributed by atoms with van der Waals surface area (Å²) >= 11 is 0. The van der Waals surface area contributed by atoms with E-state index in [9.17, 15) is 31.9 Å². The number of rotatable bonds is 7. The summed E-state index contributed by atoms with van der Waals surface area (Å²) in [6, 6.07) is 12.1. The van der Waals surface area contributed by atoms with Crippen molar-refractivity contribution in [3.8, 4) is 17.0 Å². The second-order valence-corrected chi connectivity index (χ2v) is 8.63. The fraction of sp³-hybridized carbons (Fsp3) is 0.308. The number of nitrogens with zero attached hydrogens (tertiary/aromatic N) is 2. The molecule has 1 aliphatic rings. The SMILES string of the molecule is COCC(O)COc1cccc(NC(=O)N2CCC(F)(F)c3ccc(-c4cccc(C(F)(F)F)c4)nc32)c1. The molecule has 202 valence electrons. The average Bonchev–Trinajstić information content (AvgIpc) is 2.87. The van der Waals surface area contributed by atoms with E-state index in [1.165, 1.54) is 31.4 Å². The van der Waals surface area contributed by atoms with Crippen LogP contribution in [0.4, 0.5) is 38.3 Å². The molecule has 2 N–H and O–H groups in total. The van der Waals surface area contributed by atoms with Gasteiger partial charge in [-0.1, -0.05) is 18.2 Å². The summed E-state index contributed by atoms with van der Waals surface area (Å²) in [6.07, 6.45) is -6.11. The lowest BCUT2D eigenvalue weighted by Gasteiger charge is -2.33. The highest BCUT2D eigenvalue weighted by atomic mass is 19.4. The van der Waals surface area contributed by atoms with Crippen LogP contribution in [-0.2, 0) is 16.8 Å². The van der Waals surface area contributed by atoms with Crippen molar-refractivity contribution in [2.45, 2.75) is 24.6 Å². The topological polar surface area (TPSA) is 83.9 Å². The van der Waals surface area contributed by atoms with E-state index in [0.717, 1.165) is 23.1 Å². The molecule has 38 heavy (non-hydrogen) atoms. The number of anilines is 2. The standard InChI is InChI=1S/C26H24F5N3O4/c1-37-14-19(35)15-38-20-7-3-6-18(13-20)32-24(36)34-11-10-25(27,28)21-8-9-22(33-23(21)34)16-4-2-5-17(12-16)26(29,30)31/h2-9,12-13,19,35H,10-11,14-15H2,1H3,(H,32,36). The Bertz CT molecular complexity index is 1300. The highest BCUT2D eigenvalue weighted by Gasteiger charge is 2.42. The van der Waals surface area contributed by atoms with E-state index in [-0.39, 0.29) is 36.8 Å². The summed E-state index contributed by atoms with van der Waals surface area (Å²) < 4.78 is 79.2. The maximum Gasteiger partial charge on any atom is 0.416 e. The Balaban J connectivity index is 1.59. The fourth-order valence-corrected chi connectivity index (χ4v) is 3.93. The molecule has 0 saturated heterocycles. The van der Waals surface area contributed by atoms with Gasteiger partial charge < -0.3 is 19.9 Å². The molecular formula is C26H24F5N3O4. The average molecular weight is 537 g/mol. The monoisotopic (exact) mass is 537 g/mol. The van der Waals surface area contributed by atoms with Gasteiger partial charge in [0.25, 0.3) is 5.92 Å². The van der Waals surface area contributed by atoms with Crippen LogP contribution in [0.2, 0.25) is 0 Å². The molecule has 0 radical (unpaired) electrons. The zero-order chi connectivity index (χ0) is 27.5. The van der Waals surface area contributed by atoms with E-state index in [1.54, 1.807) is 18.2 Å². The number of aliphatic hydroxyl groups is 1. The molecule has 0 bridgehead atoms. The Kier molecular flexibility index (Phi) is 7.83. The second kappa shape index (κ2) is 10.9. The van der Waals surface area contributed by atoms with E-state index in [0.29, 0.717) is 11.4 Å². The summed E-state index contributed by atoms with van der Waals surface area (Å²) in [5, 5.41) is 12.3. The number of ether oxygens (including phenoxy) is 2. The number of amides is 2. The highest BCUT2D eigenvalue weighted by Crippen LogP contribution is 2.43. The number of carbonyl (C=O) groups excluding carboxylic acids is 1. The maximum atomic E-state index is 14.7. The molecule has 2 amide bonds. The smallest absolute Gasteiger partial charge is 0.416 e. The molecule has 0 spiro atoms. The Morgan fingerprint density at radius 3 is 2.63 bits per heavy atom. The molecule has 3 aromatic rings. The van der Waals surface area contributed by atoms with Gasteiger partial charge in [0.15, 0.2) is 0 Å². The summed E-state index contributed by atoms with van der Waals surface area (Å²) in [7, 11) is 1.44. The van der Waals surface area contributed by atoms with Crippen molar-refractivity contribution in [1.29, 1.82) is 0 Å². The number of carbonyl (C=O) groups is 1. The van der Waals surface area contributed by atoms with Gasteiger partial charge in [-0.2, -0.15) is 13.2 Å². The third-order valence-corrected chi connectivity index (χ3v) is 5.79. The van der Waals surface area contributed by atoms with Crippen LogP contribution in [0.3, 0.4) is 0 Å². The van der Waals surface area contributed by atoms with E-state index in [1.807, 2.05) is 0 Å². The summed E-state index contributed by atoms with van der Waals surface area (Å²) in [5.41, 5.74) is -1.04. The lowest BCUT2D eigenvalue weighted by Crippen LogP contribution is -2.43. The van der Waals surface area contributed by atoms with Crippen LogP contribution in [-0.4, -0.2) is 49.1 Å². The molecule has 7 nitrogen and oxygen atoms in total. The number of halogens is 5. The fourth-order valence-electron chi connectivity index (χ4n) is 3.93. The van der Waals surface area contributed by atoms with Gasteiger partial charge in [-0.3, -0.25) is 4.90 Å². The van der Waals surface area contributed by atoms with Crippen LogP contribution >= 0.6 is 0 Å². The first kappa shape index (κ1) is 27.3. The van der Waals surface area contributed by atoms with Crippen LogP contribution in [0.5, 0.6) is 5.75 Å². The molecule has 2 heterocycles. The third-order valence-electron chi connectivity index (χ3n) is 5.79. The highest BCUT2D eigenvalue weighted by molar-refractivity contribution is 6.02. The molecule has 0 aliphatic carbocycles. The lowest BCUT2D eigenvalue weighted by molar-refractivity contribution is -0.137. The minimum atomic E-state index is -4.59. The molecule has 4 rings (SSSR count). The lowest BCUT2D eigenvalue weighted by atomic mass is 9.99. The minimum absolute atomic E-state index is 0.00960. The number of urea groups is 1. The number of nitrogens with one attached hydrogen (secondary N) is 1. The first-order valence-electron chi connectivity index (χ1n) is 11.5. The largest absolute Gasteiger partial charge is 0.491 e. The van der Waals surface area contributed by atoms with Gasteiger partial charge in [0.05, 0.1) is 23.4 Å². The molecule has 12 heteroatoms. The first-order chi connectivity index (χ1) is 18.0. The number of benzene rings is 2. The molecule has 1 atom stereocenters. The molecule has 1 aliphatic heterocycles. The number of alkyl halides is 5. The summed E-state index contributed by atoms with van der Waals surface area (Å²) in [6.45, 7) is -0.350. The molecule has 1 unspecified atom stereocenters. The van der Waals surface area contributed by atoms with Gasteiger partial charge in [0.1, 0.15) is 24.3 Å². The Hall–Kier alpha value is -3.77. The quantitative estimate of drug-likeness (QED) is 0.379. The van der Waals surface area contributed by atoms with Gasteiger partial charge in [-0.15, -0.1) is 0 Å². The van der Waals surface area contributed by atoms with Crippen molar-refractivity contribution < 1.29 is 41.3 Å². The summed E-state index contributed by atoms with van der Waals surface area (Å²) in [4.78, 5) is 18.3. The van der Waals surface area contributed by atoms with Gasteiger partial charge in [-0.05, 0) is 36.4 Å². The Labute approximate surface area is 214 Å². The van der Waals surface area contributed by atoms with Gasteiger partial charge in [0, 0.05) is 37.4 Å². The van der Waals surface area contributed by atoms with Crippen molar-refractivity contribution in [3.63, 3.8) is 0 Å². The number of methoxy groups -OCH3 is 1. The zero-order valence-corrected chi connectivity index (χ0v) is 20.1. The van der Waals surface area contributed by atoms with Crippen LogP contribution in [0.15, 0.2) is 60.7 Å². The Morgan fingerprint density at radius 1 is 1.13 bits per heavy atom. The van der Waals surface area contributed by atoms with Gasteiger partial charge in [-0.25, -0.2) is 18.6 Å². The van der Waals surface area contributed by atoms with E-state index in [4.69, 9.17) is 9.47 Å². The first-order valence-corrected chi connectivity index (χ1v) is 11.5. The number of aromatic nitrogens is 1. The maximum absolute atomic E-state index is 14.7.